The maximum absolute atomic E-state index is 17.1. The summed E-state index contributed by atoms with van der Waals surface area (Å²) in [5.41, 5.74) is 2.73. The molecular weight excluding hydrogens is 655 g/mol. The normalized spacial score (nSPS) is 26.1. The van der Waals surface area contributed by atoms with E-state index in [0.717, 1.165) is 61.6 Å². The van der Waals surface area contributed by atoms with E-state index < -0.39 is 28.9 Å². The minimum absolute atomic E-state index is 0.0295. The Morgan fingerprint density at radius 2 is 2.04 bits per heavy atom. The van der Waals surface area contributed by atoms with Crippen molar-refractivity contribution in [2.45, 2.75) is 62.5 Å². The summed E-state index contributed by atoms with van der Waals surface area (Å²) in [4.78, 5) is 11.1. The van der Waals surface area contributed by atoms with E-state index in [4.69, 9.17) is 19.9 Å². The Morgan fingerprint density at radius 3 is 2.75 bits per heavy atom. The molecule has 2 aromatic carbocycles. The summed E-state index contributed by atoms with van der Waals surface area (Å²) in [7, 11) is 1.61. The Balaban J connectivity index is 1.33. The van der Waals surface area contributed by atoms with Gasteiger partial charge in [0.05, 0.1) is 41.8 Å². The summed E-state index contributed by atoms with van der Waals surface area (Å²) < 4.78 is 93.8. The van der Waals surface area contributed by atoms with E-state index in [1.807, 2.05) is 11.0 Å². The summed E-state index contributed by atoms with van der Waals surface area (Å²) in [6.07, 6.45) is -0.919. The molecule has 1 aliphatic carbocycles. The second-order valence-corrected chi connectivity index (χ2v) is 14.3. The lowest BCUT2D eigenvalue weighted by Crippen LogP contribution is -2.42. The van der Waals surface area contributed by atoms with Gasteiger partial charge in [0, 0.05) is 53.5 Å². The minimum atomic E-state index is -5.04. The van der Waals surface area contributed by atoms with Gasteiger partial charge in [0.1, 0.15) is 28.2 Å². The van der Waals surface area contributed by atoms with Crippen molar-refractivity contribution in [3.8, 4) is 23.2 Å². The number of anilines is 2. The number of benzene rings is 2. The van der Waals surface area contributed by atoms with Crippen LogP contribution in [0.15, 0.2) is 18.2 Å². The van der Waals surface area contributed by atoms with Crippen LogP contribution in [0.2, 0.25) is 0 Å². The fourth-order valence-corrected chi connectivity index (χ4v) is 9.10. The number of nitrogens with zero attached hydrogens (tertiary/aromatic N) is 4. The molecule has 0 amide bonds. The molecule has 4 aliphatic heterocycles. The second kappa shape index (κ2) is 11.4. The van der Waals surface area contributed by atoms with E-state index in [9.17, 15) is 22.8 Å². The molecule has 4 saturated heterocycles. The first kappa shape index (κ1) is 31.4. The van der Waals surface area contributed by atoms with Crippen LogP contribution in [0.3, 0.4) is 0 Å². The topological polar surface area (TPSA) is 119 Å². The third kappa shape index (κ3) is 4.87. The first-order chi connectivity index (χ1) is 23.0. The molecule has 5 fully saturated rings. The maximum Gasteiger partial charge on any atom is 0.417 e. The van der Waals surface area contributed by atoms with Crippen LogP contribution in [0.1, 0.15) is 43.2 Å². The molecule has 9 rings (SSSR count). The van der Waals surface area contributed by atoms with Gasteiger partial charge in [-0.05, 0) is 49.8 Å². The van der Waals surface area contributed by atoms with Crippen LogP contribution in [-0.4, -0.2) is 67.7 Å². The van der Waals surface area contributed by atoms with Gasteiger partial charge in [-0.2, -0.15) is 28.4 Å². The molecule has 48 heavy (non-hydrogen) atoms. The van der Waals surface area contributed by atoms with E-state index in [1.54, 1.807) is 7.11 Å². The fourth-order valence-electron chi connectivity index (χ4n) is 8.15. The molecule has 1 saturated carbocycles. The second-order valence-electron chi connectivity index (χ2n) is 13.2. The van der Waals surface area contributed by atoms with Crippen LogP contribution in [0.5, 0.6) is 6.01 Å². The molecule has 0 radical (unpaired) electrons. The zero-order chi connectivity index (χ0) is 33.5. The predicted molar refractivity (Wildman–Crippen MR) is 169 cm³/mol. The zero-order valence-corrected chi connectivity index (χ0v) is 26.6. The standard InChI is InChI=1S/C33H31F5N6O3S/c1-45-7-6-41-22-8-15-2-5-23(22)44(15)30-18-9-20(33(36,37)38)25(17-3-4-21(34)28-24(17)19(12-39)29(40)48-28)26(35)27(18)42-31(43-30)47-14-32-10-16(11-32)46-13-32/h3-4,9,15-16,22-23,41H,2,5-8,10-11,13-14,40H2,1H3/t15-,16?,22?,23+,32?/m1/s1. The highest BCUT2D eigenvalue weighted by molar-refractivity contribution is 7.23. The lowest BCUT2D eigenvalue weighted by molar-refractivity contribution is -0.137. The monoisotopic (exact) mass is 686 g/mol. The van der Waals surface area contributed by atoms with Crippen LogP contribution in [0.25, 0.3) is 32.1 Å². The van der Waals surface area contributed by atoms with E-state index in [1.165, 1.54) is 0 Å². The van der Waals surface area contributed by atoms with Crippen molar-refractivity contribution in [3.05, 3.63) is 41.0 Å². The summed E-state index contributed by atoms with van der Waals surface area (Å²) in [6, 6.07) is 4.45. The quantitative estimate of drug-likeness (QED) is 0.158. The van der Waals surface area contributed by atoms with Gasteiger partial charge in [-0.1, -0.05) is 6.07 Å². The number of hydrogen-bond donors (Lipinski definition) is 2. The van der Waals surface area contributed by atoms with Crippen molar-refractivity contribution in [3.63, 3.8) is 0 Å². The molecule has 15 heteroatoms. The Bertz CT molecular complexity index is 1990. The number of nitrogens with one attached hydrogen (secondary N) is 1. The molecule has 4 aromatic rings. The summed E-state index contributed by atoms with van der Waals surface area (Å²) in [6.45, 7) is 1.83. The highest BCUT2D eigenvalue weighted by Crippen LogP contribution is 2.52. The Morgan fingerprint density at radius 1 is 1.23 bits per heavy atom. The highest BCUT2D eigenvalue weighted by atomic mass is 32.1. The van der Waals surface area contributed by atoms with Gasteiger partial charge >= 0.3 is 12.2 Å². The van der Waals surface area contributed by atoms with E-state index in [-0.39, 0.29) is 85.2 Å². The van der Waals surface area contributed by atoms with Crippen molar-refractivity contribution < 1.29 is 36.2 Å². The summed E-state index contributed by atoms with van der Waals surface area (Å²) in [5, 5.41) is 12.9. The lowest BCUT2D eigenvalue weighted by atomic mass is 9.71. The summed E-state index contributed by atoms with van der Waals surface area (Å²) in [5.74, 6) is -1.89. The van der Waals surface area contributed by atoms with E-state index >= 15 is 4.39 Å². The molecule has 5 aliphatic rings. The number of thiophene rings is 1. The van der Waals surface area contributed by atoms with Crippen LogP contribution in [-0.2, 0) is 15.7 Å². The molecule has 4 bridgehead atoms. The zero-order valence-electron chi connectivity index (χ0n) is 25.8. The number of nitrogens with two attached hydrogens (primary N) is 1. The van der Waals surface area contributed by atoms with Crippen molar-refractivity contribution in [1.29, 1.82) is 5.26 Å². The largest absolute Gasteiger partial charge is 0.463 e. The molecular formula is C33H31F5N6O3S. The van der Waals surface area contributed by atoms with Gasteiger partial charge in [-0.25, -0.2) is 8.78 Å². The van der Waals surface area contributed by atoms with Gasteiger partial charge in [-0.3, -0.25) is 0 Å². The highest BCUT2D eigenvalue weighted by Gasteiger charge is 2.53. The van der Waals surface area contributed by atoms with Gasteiger partial charge in [0.2, 0.25) is 0 Å². The third-order valence-electron chi connectivity index (χ3n) is 10.3. The van der Waals surface area contributed by atoms with Crippen molar-refractivity contribution in [1.82, 2.24) is 15.3 Å². The Kier molecular flexibility index (Phi) is 7.44. The van der Waals surface area contributed by atoms with Crippen molar-refractivity contribution in [2.75, 3.05) is 44.1 Å². The molecule has 252 valence electrons. The number of hydrogen-bond acceptors (Lipinski definition) is 10. The molecule has 3 atom stereocenters. The first-order valence-corrected chi connectivity index (χ1v) is 16.6. The van der Waals surface area contributed by atoms with E-state index in [0.29, 0.717) is 19.8 Å². The van der Waals surface area contributed by atoms with E-state index in [2.05, 4.69) is 15.3 Å². The molecule has 0 spiro atoms. The predicted octanol–water partition coefficient (Wildman–Crippen LogP) is 6.17. The number of nitrogen functional groups attached to an aromatic ring is 1. The van der Waals surface area contributed by atoms with Crippen LogP contribution in [0.4, 0.5) is 32.8 Å². The molecule has 6 heterocycles. The number of alkyl halides is 3. The first-order valence-electron chi connectivity index (χ1n) is 15.8. The fraction of sp³-hybridized carbons (Fsp3) is 0.485. The average molecular weight is 687 g/mol. The van der Waals surface area contributed by atoms with Crippen LogP contribution < -0.4 is 20.7 Å². The lowest BCUT2D eigenvalue weighted by Gasteiger charge is -2.34. The number of rotatable bonds is 9. The number of fused-ring (bicyclic) bond motifs is 5. The minimum Gasteiger partial charge on any atom is -0.463 e. The third-order valence-corrected chi connectivity index (χ3v) is 11.4. The number of halogens is 5. The maximum atomic E-state index is 17.1. The van der Waals surface area contributed by atoms with Gasteiger partial charge in [0.25, 0.3) is 0 Å². The number of ether oxygens (including phenoxy) is 3. The Labute approximate surface area is 275 Å². The number of methoxy groups -OCH3 is 1. The molecule has 2 aromatic heterocycles. The van der Waals surface area contributed by atoms with Gasteiger partial charge in [0.15, 0.2) is 5.82 Å². The van der Waals surface area contributed by atoms with Crippen LogP contribution >= 0.6 is 11.3 Å². The van der Waals surface area contributed by atoms with Gasteiger partial charge < -0.3 is 30.2 Å². The Hall–Kier alpha value is -3.84. The van der Waals surface area contributed by atoms with Gasteiger partial charge in [-0.15, -0.1) is 11.3 Å². The smallest absolute Gasteiger partial charge is 0.417 e. The van der Waals surface area contributed by atoms with Crippen LogP contribution in [0, 0.1) is 28.4 Å². The van der Waals surface area contributed by atoms with Crippen molar-refractivity contribution in [2.24, 2.45) is 5.41 Å². The average Bonchev–Trinajstić information content (AvgIpc) is 3.86. The number of nitriles is 1. The molecule has 3 N–H and O–H groups in total. The van der Waals surface area contributed by atoms with Crippen molar-refractivity contribution >= 4 is 43.1 Å². The summed E-state index contributed by atoms with van der Waals surface area (Å²) >= 11 is 0.720. The molecule has 1 unspecified atom stereocenters. The number of aromatic nitrogens is 2. The SMILES string of the molecule is COCCNC1C[C@H]2CC[C@@H]1N2c1nc(OCC23COC(C2)C3)nc2c(F)c(-c3ccc(F)c4sc(N)c(C#N)c34)c(C(F)(F)F)cc12. The molecule has 9 nitrogen and oxygen atoms in total.